The summed E-state index contributed by atoms with van der Waals surface area (Å²) in [4.78, 5) is 23.1. The minimum Gasteiger partial charge on any atom is -0.361 e. The van der Waals surface area contributed by atoms with Crippen LogP contribution in [0.2, 0.25) is 0 Å². The first-order valence-electron chi connectivity index (χ1n) is 6.07. The highest BCUT2D eigenvalue weighted by Gasteiger charge is 2.33. The Morgan fingerprint density at radius 1 is 1.38 bits per heavy atom. The van der Waals surface area contributed by atoms with Gasteiger partial charge in [-0.15, -0.1) is 0 Å². The third-order valence-electron chi connectivity index (χ3n) is 3.21. The molecule has 2 rings (SSSR count). The minimum atomic E-state index is -4.09. The average molecular weight is 314 g/mol. The molecule has 9 nitrogen and oxygen atoms in total. The molecule has 0 N–H and O–H groups in total. The number of hydrogen-bond acceptors (Lipinski definition) is 6. The van der Waals surface area contributed by atoms with Gasteiger partial charge in [0.15, 0.2) is 11.0 Å². The van der Waals surface area contributed by atoms with Crippen molar-refractivity contribution < 1.29 is 13.2 Å². The molecule has 1 aliphatic heterocycles. The Morgan fingerprint density at radius 3 is 2.67 bits per heavy atom. The van der Waals surface area contributed by atoms with Crippen LogP contribution < -0.4 is 11.2 Å². The molecule has 0 aromatic carbocycles. The number of nitriles is 1. The third kappa shape index (κ3) is 2.63. The molecule has 1 unspecified atom stereocenters. The Kier molecular flexibility index (Phi) is 3.99. The van der Waals surface area contributed by atoms with E-state index in [-0.39, 0.29) is 19.7 Å². The van der Waals surface area contributed by atoms with E-state index < -0.39 is 32.3 Å². The second-order valence-electron chi connectivity index (χ2n) is 4.60. The summed E-state index contributed by atoms with van der Waals surface area (Å²) in [5.41, 5.74) is -1.51. The van der Waals surface area contributed by atoms with Gasteiger partial charge < -0.3 is 9.30 Å². The van der Waals surface area contributed by atoms with Crippen molar-refractivity contribution in [3.63, 3.8) is 0 Å². The first-order chi connectivity index (χ1) is 9.78. The first kappa shape index (κ1) is 15.4. The third-order valence-corrected chi connectivity index (χ3v) is 5.05. The van der Waals surface area contributed by atoms with Crippen LogP contribution in [-0.4, -0.2) is 47.7 Å². The summed E-state index contributed by atoms with van der Waals surface area (Å²) in [6, 6.07) is 1.84. The van der Waals surface area contributed by atoms with E-state index in [9.17, 15) is 18.0 Å². The zero-order chi connectivity index (χ0) is 15.8. The lowest BCUT2D eigenvalue weighted by molar-refractivity contribution is 0.0311. The van der Waals surface area contributed by atoms with E-state index in [4.69, 9.17) is 10.00 Å². The van der Waals surface area contributed by atoms with E-state index in [1.165, 1.54) is 14.1 Å². The summed E-state index contributed by atoms with van der Waals surface area (Å²) < 4.78 is 32.9. The molecule has 2 heterocycles. The molecule has 0 radical (unpaired) electrons. The van der Waals surface area contributed by atoms with Crippen LogP contribution in [0.25, 0.3) is 0 Å². The fourth-order valence-corrected chi connectivity index (χ4v) is 3.59. The minimum absolute atomic E-state index is 0.0481. The number of sulfonamides is 1. The summed E-state index contributed by atoms with van der Waals surface area (Å²) in [7, 11) is -1.52. The quantitative estimate of drug-likeness (QED) is 0.623. The Bertz CT molecular complexity index is 816. The maximum absolute atomic E-state index is 12.5. The maximum Gasteiger partial charge on any atom is 0.330 e. The van der Waals surface area contributed by atoms with Crippen LogP contribution in [0.1, 0.15) is 0 Å². The lowest BCUT2D eigenvalue weighted by Gasteiger charge is -2.28. The molecule has 1 fully saturated rings. The van der Waals surface area contributed by atoms with Crippen molar-refractivity contribution in [2.75, 3.05) is 19.7 Å². The highest BCUT2D eigenvalue weighted by Crippen LogP contribution is 2.15. The van der Waals surface area contributed by atoms with Gasteiger partial charge in [-0.3, -0.25) is 9.36 Å². The van der Waals surface area contributed by atoms with Crippen LogP contribution >= 0.6 is 0 Å². The molecular formula is C11H14N4O5S. The molecule has 1 atom stereocenters. The van der Waals surface area contributed by atoms with Crippen molar-refractivity contribution in [1.82, 2.24) is 13.4 Å². The SMILES string of the molecule is Cn1cc(S(=O)(=O)N2CCOC(C#N)C2)c(=O)n(C)c1=O. The molecule has 0 spiro atoms. The number of rotatable bonds is 2. The Labute approximate surface area is 120 Å². The van der Waals surface area contributed by atoms with Crippen molar-refractivity contribution in [3.05, 3.63) is 27.0 Å². The topological polar surface area (TPSA) is 114 Å². The molecule has 0 aliphatic carbocycles. The van der Waals surface area contributed by atoms with Gasteiger partial charge in [-0.1, -0.05) is 0 Å². The van der Waals surface area contributed by atoms with Gasteiger partial charge in [0.2, 0.25) is 10.0 Å². The zero-order valence-corrected chi connectivity index (χ0v) is 12.3. The summed E-state index contributed by atoms with van der Waals surface area (Å²) >= 11 is 0. The zero-order valence-electron chi connectivity index (χ0n) is 11.5. The molecule has 1 saturated heterocycles. The number of ether oxygens (including phenoxy) is 1. The van der Waals surface area contributed by atoms with Crippen LogP contribution in [-0.2, 0) is 28.9 Å². The van der Waals surface area contributed by atoms with Crippen molar-refractivity contribution >= 4 is 10.0 Å². The first-order valence-corrected chi connectivity index (χ1v) is 7.51. The van der Waals surface area contributed by atoms with Gasteiger partial charge in [-0.25, -0.2) is 13.2 Å². The molecule has 1 aliphatic rings. The monoisotopic (exact) mass is 314 g/mol. The fraction of sp³-hybridized carbons (Fsp3) is 0.545. The van der Waals surface area contributed by atoms with Gasteiger partial charge >= 0.3 is 5.69 Å². The molecule has 114 valence electrons. The van der Waals surface area contributed by atoms with Crippen molar-refractivity contribution in [1.29, 1.82) is 5.26 Å². The van der Waals surface area contributed by atoms with E-state index >= 15 is 0 Å². The number of aromatic nitrogens is 2. The molecular weight excluding hydrogens is 300 g/mol. The molecule has 0 saturated carbocycles. The smallest absolute Gasteiger partial charge is 0.330 e. The molecule has 0 bridgehead atoms. The number of aryl methyl sites for hydroxylation is 1. The Balaban J connectivity index is 2.53. The van der Waals surface area contributed by atoms with Crippen LogP contribution in [0.5, 0.6) is 0 Å². The van der Waals surface area contributed by atoms with E-state index in [0.717, 1.165) is 19.6 Å². The van der Waals surface area contributed by atoms with Gasteiger partial charge in [0, 0.05) is 26.8 Å². The second-order valence-corrected chi connectivity index (χ2v) is 6.51. The molecule has 1 aromatic rings. The van der Waals surface area contributed by atoms with Crippen LogP contribution in [0.4, 0.5) is 0 Å². The van der Waals surface area contributed by atoms with Crippen molar-refractivity contribution in [2.45, 2.75) is 11.0 Å². The van der Waals surface area contributed by atoms with Gasteiger partial charge in [-0.05, 0) is 0 Å². The van der Waals surface area contributed by atoms with E-state index in [1.807, 2.05) is 6.07 Å². The van der Waals surface area contributed by atoms with Gasteiger partial charge in [0.1, 0.15) is 0 Å². The van der Waals surface area contributed by atoms with Crippen LogP contribution in [0.15, 0.2) is 20.7 Å². The Morgan fingerprint density at radius 2 is 2.05 bits per heavy atom. The highest BCUT2D eigenvalue weighted by atomic mass is 32.2. The van der Waals surface area contributed by atoms with Crippen LogP contribution in [0, 0.1) is 11.3 Å². The van der Waals surface area contributed by atoms with Crippen LogP contribution in [0.3, 0.4) is 0 Å². The van der Waals surface area contributed by atoms with E-state index in [1.54, 1.807) is 0 Å². The summed E-state index contributed by atoms with van der Waals surface area (Å²) in [6.45, 7) is -0.0269. The Hall–Kier alpha value is -1.96. The van der Waals surface area contributed by atoms with Crippen molar-refractivity contribution in [3.8, 4) is 6.07 Å². The van der Waals surface area contributed by atoms with Gasteiger partial charge in [0.25, 0.3) is 5.56 Å². The lowest BCUT2D eigenvalue weighted by Crippen LogP contribution is -2.48. The number of hydrogen-bond donors (Lipinski definition) is 0. The number of morpholine rings is 1. The predicted octanol–water partition coefficient (Wildman–Crippen LogP) is -2.00. The van der Waals surface area contributed by atoms with E-state index in [2.05, 4.69) is 0 Å². The normalized spacial score (nSPS) is 20.1. The van der Waals surface area contributed by atoms with Crippen molar-refractivity contribution in [2.24, 2.45) is 14.1 Å². The summed E-state index contributed by atoms with van der Waals surface area (Å²) in [5.74, 6) is 0. The molecule has 1 aromatic heterocycles. The van der Waals surface area contributed by atoms with Gasteiger partial charge in [-0.2, -0.15) is 9.57 Å². The lowest BCUT2D eigenvalue weighted by atomic mass is 10.3. The highest BCUT2D eigenvalue weighted by molar-refractivity contribution is 7.89. The maximum atomic E-state index is 12.5. The fourth-order valence-electron chi connectivity index (χ4n) is 2.01. The summed E-state index contributed by atoms with van der Waals surface area (Å²) in [5, 5.41) is 8.82. The molecule has 10 heteroatoms. The predicted molar refractivity (Wildman–Crippen MR) is 71.0 cm³/mol. The number of nitrogens with zero attached hydrogens (tertiary/aromatic N) is 4. The molecule has 0 amide bonds. The standard InChI is InChI=1S/C11H14N4O5S/c1-13-7-9(10(16)14(2)11(13)17)21(18,19)15-3-4-20-8(5-12)6-15/h7-8H,3-4,6H2,1-2H3. The molecule has 21 heavy (non-hydrogen) atoms. The largest absolute Gasteiger partial charge is 0.361 e. The second kappa shape index (κ2) is 5.44. The van der Waals surface area contributed by atoms with E-state index in [0.29, 0.717) is 0 Å². The summed E-state index contributed by atoms with van der Waals surface area (Å²) in [6.07, 6.45) is 0.126. The average Bonchev–Trinajstić information content (AvgIpc) is 2.48. The van der Waals surface area contributed by atoms with Gasteiger partial charge in [0.05, 0.1) is 19.2 Å².